The van der Waals surface area contributed by atoms with Crippen molar-refractivity contribution in [2.45, 2.75) is 40.7 Å². The number of benzene rings is 1. The largest absolute Gasteiger partial charge is 0.366 e. The summed E-state index contributed by atoms with van der Waals surface area (Å²) in [4.78, 5) is 11.6. The molecule has 1 aromatic carbocycles. The molecule has 0 bridgehead atoms. The van der Waals surface area contributed by atoms with Gasteiger partial charge in [-0.1, -0.05) is 17.7 Å². The first kappa shape index (κ1) is 12.9. The highest BCUT2D eigenvalue weighted by Crippen LogP contribution is 2.26. The molecule has 1 unspecified atom stereocenters. The molecule has 0 radical (unpaired) electrons. The van der Waals surface area contributed by atoms with Crippen LogP contribution < -0.4 is 0 Å². The first-order valence-electron chi connectivity index (χ1n) is 5.67. The van der Waals surface area contributed by atoms with Crippen molar-refractivity contribution in [1.29, 1.82) is 0 Å². The molecule has 2 heteroatoms. The fourth-order valence-electron chi connectivity index (χ4n) is 2.18. The van der Waals surface area contributed by atoms with Crippen molar-refractivity contribution in [3.63, 3.8) is 0 Å². The number of ketones is 1. The number of aryl methyl sites for hydroxylation is 3. The lowest BCUT2D eigenvalue weighted by Gasteiger charge is -2.19. The van der Waals surface area contributed by atoms with Gasteiger partial charge in [-0.2, -0.15) is 0 Å². The van der Waals surface area contributed by atoms with Crippen LogP contribution >= 0.6 is 0 Å². The van der Waals surface area contributed by atoms with Crippen LogP contribution in [0.1, 0.15) is 42.2 Å². The molecule has 1 rings (SSSR count). The van der Waals surface area contributed by atoms with Crippen LogP contribution in [0.5, 0.6) is 0 Å². The topological polar surface area (TPSA) is 26.3 Å². The Balaban J connectivity index is 3.23. The van der Waals surface area contributed by atoms with Crippen molar-refractivity contribution >= 4 is 5.78 Å². The predicted molar refractivity (Wildman–Crippen MR) is 65.7 cm³/mol. The van der Waals surface area contributed by atoms with Crippen LogP contribution in [0.15, 0.2) is 12.1 Å². The number of carbonyl (C=O) groups is 1. The maximum atomic E-state index is 11.6. The molecule has 1 aromatic rings. The van der Waals surface area contributed by atoms with Crippen LogP contribution in [0.25, 0.3) is 0 Å². The smallest absolute Gasteiger partial charge is 0.163 e. The highest BCUT2D eigenvalue weighted by Gasteiger charge is 2.20. The molecule has 1 atom stereocenters. The van der Waals surface area contributed by atoms with Crippen LogP contribution in [-0.2, 0) is 9.53 Å². The van der Waals surface area contributed by atoms with E-state index in [-0.39, 0.29) is 5.78 Å². The summed E-state index contributed by atoms with van der Waals surface area (Å²) in [5, 5.41) is 0. The first-order chi connectivity index (χ1) is 7.47. The van der Waals surface area contributed by atoms with E-state index in [9.17, 15) is 4.79 Å². The molecule has 0 aliphatic heterocycles. The zero-order chi connectivity index (χ0) is 12.3. The van der Waals surface area contributed by atoms with Gasteiger partial charge in [-0.25, -0.2) is 0 Å². The summed E-state index contributed by atoms with van der Waals surface area (Å²) >= 11 is 0. The fraction of sp³-hybridized carbons (Fsp3) is 0.500. The zero-order valence-electron chi connectivity index (χ0n) is 10.8. The third kappa shape index (κ3) is 2.70. The lowest BCUT2D eigenvalue weighted by atomic mass is 9.94. The van der Waals surface area contributed by atoms with E-state index in [1.807, 2.05) is 20.8 Å². The summed E-state index contributed by atoms with van der Waals surface area (Å²) in [6.07, 6.45) is -0.411. The van der Waals surface area contributed by atoms with E-state index in [2.05, 4.69) is 19.1 Å². The maximum absolute atomic E-state index is 11.6. The minimum atomic E-state index is -0.411. The second kappa shape index (κ2) is 5.26. The highest BCUT2D eigenvalue weighted by molar-refractivity contribution is 5.82. The lowest BCUT2D eigenvalue weighted by molar-refractivity contribution is -0.128. The molecule has 0 N–H and O–H groups in total. The van der Waals surface area contributed by atoms with Gasteiger partial charge in [0, 0.05) is 6.61 Å². The molecule has 0 aliphatic rings. The van der Waals surface area contributed by atoms with Crippen LogP contribution in [0.4, 0.5) is 0 Å². The summed E-state index contributed by atoms with van der Waals surface area (Å²) in [5.41, 5.74) is 4.51. The molecule has 88 valence electrons. The van der Waals surface area contributed by atoms with E-state index in [0.29, 0.717) is 6.61 Å². The van der Waals surface area contributed by atoms with Crippen molar-refractivity contribution in [3.8, 4) is 0 Å². The van der Waals surface area contributed by atoms with E-state index in [0.717, 1.165) is 16.7 Å². The number of hydrogen-bond donors (Lipinski definition) is 0. The van der Waals surface area contributed by atoms with Gasteiger partial charge in [-0.3, -0.25) is 4.79 Å². The first-order valence-corrected chi connectivity index (χ1v) is 5.67. The van der Waals surface area contributed by atoms with Crippen molar-refractivity contribution in [3.05, 3.63) is 34.4 Å². The number of ether oxygens (including phenoxy) is 1. The van der Waals surface area contributed by atoms with Crippen molar-refractivity contribution in [1.82, 2.24) is 0 Å². The second-order valence-electron chi connectivity index (χ2n) is 4.26. The highest BCUT2D eigenvalue weighted by atomic mass is 16.5. The van der Waals surface area contributed by atoms with Crippen molar-refractivity contribution < 1.29 is 9.53 Å². The Morgan fingerprint density at radius 3 is 2.12 bits per heavy atom. The Morgan fingerprint density at radius 1 is 1.25 bits per heavy atom. The number of hydrogen-bond acceptors (Lipinski definition) is 2. The van der Waals surface area contributed by atoms with Gasteiger partial charge < -0.3 is 4.74 Å². The molecule has 0 amide bonds. The van der Waals surface area contributed by atoms with E-state index >= 15 is 0 Å². The summed E-state index contributed by atoms with van der Waals surface area (Å²) in [6.45, 7) is 10.2. The predicted octanol–water partition coefficient (Wildman–Crippen LogP) is 3.28. The number of carbonyl (C=O) groups excluding carboxylic acids is 1. The summed E-state index contributed by atoms with van der Waals surface area (Å²) in [5.74, 6) is 0.0666. The van der Waals surface area contributed by atoms with Gasteiger partial charge in [0.1, 0.15) is 6.10 Å². The molecule has 0 fully saturated rings. The van der Waals surface area contributed by atoms with Gasteiger partial charge in [0.2, 0.25) is 0 Å². The van der Waals surface area contributed by atoms with Crippen LogP contribution in [0.2, 0.25) is 0 Å². The maximum Gasteiger partial charge on any atom is 0.163 e. The van der Waals surface area contributed by atoms with Gasteiger partial charge in [0.05, 0.1) is 0 Å². The quantitative estimate of drug-likeness (QED) is 0.778. The molecule has 0 heterocycles. The third-order valence-electron chi connectivity index (χ3n) is 2.70. The minimum Gasteiger partial charge on any atom is -0.366 e. The molecule has 0 aromatic heterocycles. The number of Topliss-reactive ketones (excluding diaryl/α,β-unsaturated/α-hetero) is 1. The van der Waals surface area contributed by atoms with E-state index in [1.54, 1.807) is 6.92 Å². The standard InChI is InChI=1S/C14H20O2/c1-6-16-14(12(5)15)13-10(3)7-9(2)8-11(13)4/h7-8,14H,6H2,1-5H3. The third-order valence-corrected chi connectivity index (χ3v) is 2.70. The van der Waals surface area contributed by atoms with E-state index in [1.165, 1.54) is 5.56 Å². The summed E-state index contributed by atoms with van der Waals surface area (Å²) < 4.78 is 5.54. The molecular formula is C14H20O2. The average Bonchev–Trinajstić information content (AvgIpc) is 2.14. The molecular weight excluding hydrogens is 200 g/mol. The Kier molecular flexibility index (Phi) is 4.25. The normalized spacial score (nSPS) is 12.6. The Hall–Kier alpha value is -1.15. The molecule has 16 heavy (non-hydrogen) atoms. The van der Waals surface area contributed by atoms with Gasteiger partial charge in [-0.15, -0.1) is 0 Å². The van der Waals surface area contributed by atoms with Gasteiger partial charge >= 0.3 is 0 Å². The summed E-state index contributed by atoms with van der Waals surface area (Å²) in [7, 11) is 0. The van der Waals surface area contributed by atoms with Crippen LogP contribution in [0, 0.1) is 20.8 Å². The molecule has 0 saturated heterocycles. The minimum absolute atomic E-state index is 0.0666. The fourth-order valence-corrected chi connectivity index (χ4v) is 2.18. The zero-order valence-corrected chi connectivity index (χ0v) is 10.8. The Morgan fingerprint density at radius 2 is 1.75 bits per heavy atom. The van der Waals surface area contributed by atoms with Crippen molar-refractivity contribution in [2.75, 3.05) is 6.61 Å². The molecule has 0 aliphatic carbocycles. The molecule has 2 nitrogen and oxygen atoms in total. The molecule has 0 saturated carbocycles. The lowest BCUT2D eigenvalue weighted by Crippen LogP contribution is -2.15. The van der Waals surface area contributed by atoms with Crippen molar-refractivity contribution in [2.24, 2.45) is 0 Å². The van der Waals surface area contributed by atoms with Crippen LogP contribution in [0.3, 0.4) is 0 Å². The van der Waals surface area contributed by atoms with Crippen LogP contribution in [-0.4, -0.2) is 12.4 Å². The van der Waals surface area contributed by atoms with E-state index in [4.69, 9.17) is 4.74 Å². The van der Waals surface area contributed by atoms with Gasteiger partial charge in [0.25, 0.3) is 0 Å². The van der Waals surface area contributed by atoms with E-state index < -0.39 is 6.10 Å². The SMILES string of the molecule is CCOC(C(C)=O)c1c(C)cc(C)cc1C. The monoisotopic (exact) mass is 220 g/mol. The number of rotatable bonds is 4. The Bertz CT molecular complexity index is 371. The van der Waals surface area contributed by atoms with Gasteiger partial charge in [-0.05, 0) is 51.3 Å². The second-order valence-corrected chi connectivity index (χ2v) is 4.26. The Labute approximate surface area is 97.6 Å². The summed E-state index contributed by atoms with van der Waals surface area (Å²) in [6, 6.07) is 4.19. The van der Waals surface area contributed by atoms with Gasteiger partial charge in [0.15, 0.2) is 5.78 Å². The molecule has 0 spiro atoms. The average molecular weight is 220 g/mol.